The number of hydrogen-bond donors (Lipinski definition) is 2. The first kappa shape index (κ1) is 14.3. The van der Waals surface area contributed by atoms with Gasteiger partial charge < -0.3 is 15.8 Å². The maximum atomic E-state index is 13.6. The number of carbonyl (C=O) groups is 1. The summed E-state index contributed by atoms with van der Waals surface area (Å²) in [6.07, 6.45) is 2.27. The van der Waals surface area contributed by atoms with Crippen LogP contribution in [0.2, 0.25) is 0 Å². The number of rotatable bonds is 6. The van der Waals surface area contributed by atoms with E-state index in [2.05, 4.69) is 5.16 Å². The van der Waals surface area contributed by atoms with Crippen molar-refractivity contribution in [3.63, 3.8) is 0 Å². The van der Waals surface area contributed by atoms with Crippen LogP contribution in [0.25, 0.3) is 0 Å². The van der Waals surface area contributed by atoms with Crippen LogP contribution in [0.1, 0.15) is 24.8 Å². The molecule has 1 aliphatic rings. The molecule has 2 rings (SSSR count). The Bertz CT molecular complexity index is 515. The summed E-state index contributed by atoms with van der Waals surface area (Å²) in [7, 11) is 0. The first-order chi connectivity index (χ1) is 9.61. The summed E-state index contributed by atoms with van der Waals surface area (Å²) in [5.74, 6) is -0.397. The molecule has 1 fully saturated rings. The van der Waals surface area contributed by atoms with Crippen molar-refractivity contribution in [2.24, 2.45) is 10.9 Å². The molecule has 20 heavy (non-hydrogen) atoms. The van der Waals surface area contributed by atoms with Crippen LogP contribution in [-0.2, 0) is 11.2 Å². The second-order valence-corrected chi connectivity index (χ2v) is 4.93. The van der Waals surface area contributed by atoms with E-state index in [4.69, 9.17) is 10.9 Å². The lowest BCUT2D eigenvalue weighted by molar-refractivity contribution is -0.131. The van der Waals surface area contributed by atoms with E-state index >= 15 is 0 Å². The molecule has 5 nitrogen and oxygen atoms in total. The summed E-state index contributed by atoms with van der Waals surface area (Å²) in [5, 5.41) is 11.4. The van der Waals surface area contributed by atoms with E-state index in [-0.39, 0.29) is 30.0 Å². The lowest BCUT2D eigenvalue weighted by atomic mass is 10.1. The summed E-state index contributed by atoms with van der Waals surface area (Å²) >= 11 is 0. The molecule has 0 radical (unpaired) electrons. The number of amidine groups is 1. The molecule has 1 amide bonds. The summed E-state index contributed by atoms with van der Waals surface area (Å²) in [6, 6.07) is 6.48. The van der Waals surface area contributed by atoms with Crippen LogP contribution in [0.5, 0.6) is 0 Å². The van der Waals surface area contributed by atoms with Crippen LogP contribution >= 0.6 is 0 Å². The highest BCUT2D eigenvalue weighted by molar-refractivity contribution is 5.82. The predicted molar refractivity (Wildman–Crippen MR) is 72.9 cm³/mol. The smallest absolute Gasteiger partial charge is 0.227 e. The molecule has 0 heterocycles. The van der Waals surface area contributed by atoms with Crippen molar-refractivity contribution in [2.75, 3.05) is 6.54 Å². The summed E-state index contributed by atoms with van der Waals surface area (Å²) < 4.78 is 13.6. The predicted octanol–water partition coefficient (Wildman–Crippen LogP) is 1.50. The third-order valence-corrected chi connectivity index (χ3v) is 3.34. The van der Waals surface area contributed by atoms with Crippen LogP contribution in [0.15, 0.2) is 29.4 Å². The van der Waals surface area contributed by atoms with Crippen molar-refractivity contribution < 1.29 is 14.4 Å². The van der Waals surface area contributed by atoms with Gasteiger partial charge in [-0.05, 0) is 24.5 Å². The molecule has 6 heteroatoms. The monoisotopic (exact) mass is 279 g/mol. The maximum absolute atomic E-state index is 13.6. The van der Waals surface area contributed by atoms with Gasteiger partial charge in [0.25, 0.3) is 0 Å². The van der Waals surface area contributed by atoms with E-state index in [1.165, 1.54) is 6.07 Å². The number of hydrogen-bond acceptors (Lipinski definition) is 3. The van der Waals surface area contributed by atoms with Gasteiger partial charge in [0.05, 0.1) is 6.42 Å². The van der Waals surface area contributed by atoms with Crippen molar-refractivity contribution in [3.05, 3.63) is 35.6 Å². The van der Waals surface area contributed by atoms with E-state index in [0.717, 1.165) is 12.8 Å². The van der Waals surface area contributed by atoms with Gasteiger partial charge in [-0.15, -0.1) is 0 Å². The third-order valence-electron chi connectivity index (χ3n) is 3.34. The van der Waals surface area contributed by atoms with E-state index < -0.39 is 0 Å². The van der Waals surface area contributed by atoms with Gasteiger partial charge in [0.15, 0.2) is 0 Å². The van der Waals surface area contributed by atoms with E-state index in [1.54, 1.807) is 23.1 Å². The van der Waals surface area contributed by atoms with Gasteiger partial charge in [-0.25, -0.2) is 4.39 Å². The van der Waals surface area contributed by atoms with Gasteiger partial charge in [-0.3, -0.25) is 4.79 Å². The third kappa shape index (κ3) is 3.69. The molecule has 1 aliphatic carbocycles. The molecule has 3 N–H and O–H groups in total. The van der Waals surface area contributed by atoms with E-state index in [1.807, 2.05) is 0 Å². The van der Waals surface area contributed by atoms with E-state index in [9.17, 15) is 9.18 Å². The Hall–Kier alpha value is -2.11. The first-order valence-electron chi connectivity index (χ1n) is 6.61. The Kier molecular flexibility index (Phi) is 4.55. The molecule has 1 aromatic carbocycles. The largest absolute Gasteiger partial charge is 0.409 e. The van der Waals surface area contributed by atoms with Crippen LogP contribution in [0.3, 0.4) is 0 Å². The highest BCUT2D eigenvalue weighted by Crippen LogP contribution is 2.27. The maximum Gasteiger partial charge on any atom is 0.227 e. The van der Waals surface area contributed by atoms with Gasteiger partial charge in [-0.2, -0.15) is 0 Å². The Morgan fingerprint density at radius 2 is 2.15 bits per heavy atom. The highest BCUT2D eigenvalue weighted by atomic mass is 19.1. The van der Waals surface area contributed by atoms with Crippen LogP contribution in [0, 0.1) is 5.82 Å². The van der Waals surface area contributed by atoms with Crippen molar-refractivity contribution in [3.8, 4) is 0 Å². The lowest BCUT2D eigenvalue weighted by Crippen LogP contribution is -2.37. The molecule has 0 spiro atoms. The topological polar surface area (TPSA) is 78.9 Å². The quantitative estimate of drug-likeness (QED) is 0.358. The molecule has 108 valence electrons. The second-order valence-electron chi connectivity index (χ2n) is 4.93. The normalized spacial score (nSPS) is 15.2. The first-order valence-corrected chi connectivity index (χ1v) is 6.61. The van der Waals surface area contributed by atoms with Crippen molar-refractivity contribution in [1.82, 2.24) is 4.90 Å². The van der Waals surface area contributed by atoms with Crippen molar-refractivity contribution in [1.29, 1.82) is 0 Å². The number of halogens is 1. The Morgan fingerprint density at radius 3 is 2.75 bits per heavy atom. The number of amides is 1. The van der Waals surface area contributed by atoms with Crippen molar-refractivity contribution >= 4 is 11.7 Å². The van der Waals surface area contributed by atoms with Crippen LogP contribution < -0.4 is 5.73 Å². The van der Waals surface area contributed by atoms with E-state index in [0.29, 0.717) is 18.5 Å². The number of nitrogens with two attached hydrogens (primary N) is 1. The van der Waals surface area contributed by atoms with Crippen LogP contribution in [0.4, 0.5) is 4.39 Å². The Morgan fingerprint density at radius 1 is 1.45 bits per heavy atom. The van der Waals surface area contributed by atoms with Gasteiger partial charge in [0.1, 0.15) is 11.7 Å². The number of nitrogens with zero attached hydrogens (tertiary/aromatic N) is 2. The minimum atomic E-state index is -0.368. The van der Waals surface area contributed by atoms with Crippen molar-refractivity contribution in [2.45, 2.75) is 31.7 Å². The molecule has 0 unspecified atom stereocenters. The fourth-order valence-corrected chi connectivity index (χ4v) is 2.09. The highest BCUT2D eigenvalue weighted by Gasteiger charge is 2.32. The zero-order chi connectivity index (χ0) is 14.5. The zero-order valence-electron chi connectivity index (χ0n) is 11.1. The number of carbonyl (C=O) groups excluding carboxylic acids is 1. The minimum Gasteiger partial charge on any atom is -0.409 e. The van der Waals surface area contributed by atoms with Gasteiger partial charge >= 0.3 is 0 Å². The minimum absolute atomic E-state index is 0.0410. The summed E-state index contributed by atoms with van der Waals surface area (Å²) in [4.78, 5) is 14.0. The SMILES string of the molecule is NC(CCN(C(=O)Cc1ccccc1F)C1CC1)=NO. The second kappa shape index (κ2) is 6.36. The molecule has 0 atom stereocenters. The lowest BCUT2D eigenvalue weighted by Gasteiger charge is -2.22. The summed E-state index contributed by atoms with van der Waals surface area (Å²) in [6.45, 7) is 0.397. The molecule has 0 aliphatic heterocycles. The molecule has 1 saturated carbocycles. The Balaban J connectivity index is 1.99. The standard InChI is InChI=1S/C14H18FN3O2/c15-12-4-2-1-3-10(12)9-14(19)18(11-5-6-11)8-7-13(16)17-20/h1-4,11,20H,5-9H2,(H2,16,17). The molecule has 0 saturated heterocycles. The fraction of sp³-hybridized carbons (Fsp3) is 0.429. The molecular formula is C14H18FN3O2. The van der Waals surface area contributed by atoms with Gasteiger partial charge in [0.2, 0.25) is 5.91 Å². The number of oxime groups is 1. The van der Waals surface area contributed by atoms with Gasteiger partial charge in [-0.1, -0.05) is 23.4 Å². The average molecular weight is 279 g/mol. The molecule has 0 aromatic heterocycles. The van der Waals surface area contributed by atoms with Gasteiger partial charge in [0, 0.05) is 19.0 Å². The average Bonchev–Trinajstić information content (AvgIpc) is 3.26. The van der Waals surface area contributed by atoms with Crippen LogP contribution in [-0.4, -0.2) is 34.4 Å². The molecule has 0 bridgehead atoms. The Labute approximate surface area is 116 Å². The number of benzene rings is 1. The fourth-order valence-electron chi connectivity index (χ4n) is 2.09. The molecule has 1 aromatic rings. The zero-order valence-corrected chi connectivity index (χ0v) is 11.1. The summed E-state index contributed by atoms with van der Waals surface area (Å²) in [5.41, 5.74) is 5.82. The molecular weight excluding hydrogens is 261 g/mol.